The maximum Gasteiger partial charge on any atom is 0.127 e. The van der Waals surface area contributed by atoms with Gasteiger partial charge in [0.05, 0.1) is 6.10 Å². The van der Waals surface area contributed by atoms with Gasteiger partial charge < -0.3 is 15.8 Å². The number of anilines is 1. The first-order valence-electron chi connectivity index (χ1n) is 6.83. The van der Waals surface area contributed by atoms with Gasteiger partial charge in [0.1, 0.15) is 5.82 Å². The van der Waals surface area contributed by atoms with Gasteiger partial charge in [0.2, 0.25) is 0 Å². The molecule has 1 aromatic carbocycles. The van der Waals surface area contributed by atoms with Crippen LogP contribution in [0.4, 0.5) is 5.82 Å². The number of nitrogens with two attached hydrogens (primary N) is 1. The van der Waals surface area contributed by atoms with Gasteiger partial charge in [-0.05, 0) is 23.6 Å². The highest BCUT2D eigenvalue weighted by Crippen LogP contribution is 2.33. The summed E-state index contributed by atoms with van der Waals surface area (Å²) in [5.74, 6) is 0.587. The number of fused-ring (bicyclic) bond motifs is 1. The second-order valence-electron chi connectivity index (χ2n) is 5.09. The minimum Gasteiger partial charge on any atom is -0.383 e. The highest BCUT2D eigenvalue weighted by molar-refractivity contribution is 5.39. The third kappa shape index (κ3) is 2.40. The molecule has 0 saturated carbocycles. The molecule has 3 N–H and O–H groups in total. The minimum absolute atomic E-state index is 0.101. The Morgan fingerprint density at radius 3 is 2.95 bits per heavy atom. The molecule has 0 aliphatic heterocycles. The second-order valence-corrected chi connectivity index (χ2v) is 5.09. The molecule has 4 heteroatoms. The van der Waals surface area contributed by atoms with Crippen LogP contribution in [-0.4, -0.2) is 18.1 Å². The van der Waals surface area contributed by atoms with Crippen LogP contribution < -0.4 is 11.1 Å². The van der Waals surface area contributed by atoms with Crippen molar-refractivity contribution < 1.29 is 4.74 Å². The van der Waals surface area contributed by atoms with Gasteiger partial charge in [0.25, 0.3) is 0 Å². The lowest BCUT2D eigenvalue weighted by atomic mass is 10.1. The lowest BCUT2D eigenvalue weighted by Gasteiger charge is -2.20. The number of nitrogens with one attached hydrogen (secondary N) is 1. The van der Waals surface area contributed by atoms with E-state index in [0.717, 1.165) is 12.0 Å². The van der Waals surface area contributed by atoms with Gasteiger partial charge in [-0.15, -0.1) is 0 Å². The van der Waals surface area contributed by atoms with E-state index in [1.165, 1.54) is 11.1 Å². The van der Waals surface area contributed by atoms with Gasteiger partial charge in [-0.1, -0.05) is 30.3 Å². The fourth-order valence-corrected chi connectivity index (χ4v) is 2.87. The van der Waals surface area contributed by atoms with Crippen molar-refractivity contribution in [3.8, 4) is 0 Å². The van der Waals surface area contributed by atoms with E-state index in [4.69, 9.17) is 10.5 Å². The molecule has 2 aromatic rings. The van der Waals surface area contributed by atoms with Crippen molar-refractivity contribution in [3.05, 3.63) is 59.3 Å². The molecule has 0 fully saturated rings. The standard InChI is InChI=1S/C16H19N3O/c1-20-15-13-7-3-2-5-11(13)9-14(15)19-10-12-6-4-8-18-16(12)17/h2-8,14-15,19H,9-10H2,1H3,(H2,17,18)/t14-,15+/m1/s1. The maximum absolute atomic E-state index is 5.87. The van der Waals surface area contributed by atoms with Crippen molar-refractivity contribution in [2.24, 2.45) is 0 Å². The SMILES string of the molecule is CO[C@H]1c2ccccc2C[C@H]1NCc1cccnc1N. The first-order chi connectivity index (χ1) is 9.79. The molecular weight excluding hydrogens is 250 g/mol. The van der Waals surface area contributed by atoms with E-state index >= 15 is 0 Å². The number of methoxy groups -OCH3 is 1. The van der Waals surface area contributed by atoms with Crippen LogP contribution in [0.1, 0.15) is 22.8 Å². The van der Waals surface area contributed by atoms with E-state index in [1.54, 1.807) is 13.3 Å². The summed E-state index contributed by atoms with van der Waals surface area (Å²) < 4.78 is 5.66. The van der Waals surface area contributed by atoms with Crippen molar-refractivity contribution in [1.29, 1.82) is 0 Å². The van der Waals surface area contributed by atoms with Crippen molar-refractivity contribution in [1.82, 2.24) is 10.3 Å². The Morgan fingerprint density at radius 1 is 1.30 bits per heavy atom. The first-order valence-corrected chi connectivity index (χ1v) is 6.83. The number of hydrogen-bond donors (Lipinski definition) is 2. The average molecular weight is 269 g/mol. The molecule has 0 amide bonds. The monoisotopic (exact) mass is 269 g/mol. The van der Waals surface area contributed by atoms with Crippen molar-refractivity contribution in [2.75, 3.05) is 12.8 Å². The zero-order chi connectivity index (χ0) is 13.9. The van der Waals surface area contributed by atoms with E-state index in [1.807, 2.05) is 12.1 Å². The largest absolute Gasteiger partial charge is 0.383 e. The summed E-state index contributed by atoms with van der Waals surface area (Å²) in [6, 6.07) is 12.6. The molecule has 1 aliphatic carbocycles. The van der Waals surface area contributed by atoms with Crippen molar-refractivity contribution >= 4 is 5.82 Å². The summed E-state index contributed by atoms with van der Waals surface area (Å²) >= 11 is 0. The van der Waals surface area contributed by atoms with Crippen LogP contribution in [0, 0.1) is 0 Å². The summed E-state index contributed by atoms with van der Waals surface area (Å²) in [5.41, 5.74) is 9.54. The third-order valence-electron chi connectivity index (χ3n) is 3.90. The molecule has 20 heavy (non-hydrogen) atoms. The topological polar surface area (TPSA) is 60.2 Å². The van der Waals surface area contributed by atoms with E-state index in [9.17, 15) is 0 Å². The summed E-state index contributed by atoms with van der Waals surface area (Å²) in [5, 5.41) is 3.54. The predicted octanol–water partition coefficient (Wildman–Crippen LogP) is 2.07. The zero-order valence-electron chi connectivity index (χ0n) is 11.5. The predicted molar refractivity (Wildman–Crippen MR) is 79.2 cm³/mol. The fraction of sp³-hybridized carbons (Fsp3) is 0.312. The minimum atomic E-state index is 0.101. The van der Waals surface area contributed by atoms with Gasteiger partial charge in [-0.2, -0.15) is 0 Å². The highest BCUT2D eigenvalue weighted by Gasteiger charge is 2.31. The molecule has 104 valence electrons. The van der Waals surface area contributed by atoms with Crippen molar-refractivity contribution in [3.63, 3.8) is 0 Å². The molecule has 0 radical (unpaired) electrons. The Labute approximate surface area is 119 Å². The Bertz CT molecular complexity index is 600. The zero-order valence-corrected chi connectivity index (χ0v) is 11.5. The molecule has 0 saturated heterocycles. The molecular formula is C16H19N3O. The first kappa shape index (κ1) is 13.1. The van der Waals surface area contributed by atoms with Crippen LogP contribution in [0.3, 0.4) is 0 Å². The number of pyridine rings is 1. The van der Waals surface area contributed by atoms with Crippen LogP contribution in [0.5, 0.6) is 0 Å². The number of hydrogen-bond acceptors (Lipinski definition) is 4. The van der Waals surface area contributed by atoms with Gasteiger partial charge in [-0.3, -0.25) is 0 Å². The molecule has 0 bridgehead atoms. The normalized spacial score (nSPS) is 20.9. The summed E-state index contributed by atoms with van der Waals surface area (Å²) in [6.45, 7) is 0.707. The Hall–Kier alpha value is -1.91. The molecule has 2 atom stereocenters. The van der Waals surface area contributed by atoms with Crippen LogP contribution in [-0.2, 0) is 17.7 Å². The van der Waals surface area contributed by atoms with Crippen LogP contribution >= 0.6 is 0 Å². The number of nitrogens with zero attached hydrogens (tertiary/aromatic N) is 1. The number of rotatable bonds is 4. The van der Waals surface area contributed by atoms with E-state index in [2.05, 4.69) is 34.6 Å². The molecule has 0 spiro atoms. The fourth-order valence-electron chi connectivity index (χ4n) is 2.87. The highest BCUT2D eigenvalue weighted by atomic mass is 16.5. The van der Waals surface area contributed by atoms with Crippen LogP contribution in [0.2, 0.25) is 0 Å². The van der Waals surface area contributed by atoms with E-state index in [0.29, 0.717) is 12.4 Å². The quantitative estimate of drug-likeness (QED) is 0.892. The Kier molecular flexibility index (Phi) is 3.67. The van der Waals surface area contributed by atoms with E-state index in [-0.39, 0.29) is 12.1 Å². The lowest BCUT2D eigenvalue weighted by Crippen LogP contribution is -2.33. The van der Waals surface area contributed by atoms with Crippen molar-refractivity contribution in [2.45, 2.75) is 25.1 Å². The van der Waals surface area contributed by atoms with Gasteiger partial charge >= 0.3 is 0 Å². The second kappa shape index (κ2) is 5.61. The van der Waals surface area contributed by atoms with E-state index < -0.39 is 0 Å². The molecule has 3 rings (SSSR count). The Balaban J connectivity index is 1.72. The van der Waals surface area contributed by atoms with Gasteiger partial charge in [0, 0.05) is 31.5 Å². The smallest absolute Gasteiger partial charge is 0.127 e. The summed E-state index contributed by atoms with van der Waals surface area (Å²) in [4.78, 5) is 4.11. The number of nitrogen functional groups attached to an aromatic ring is 1. The summed E-state index contributed by atoms with van der Waals surface area (Å²) in [6.07, 6.45) is 2.79. The van der Waals surface area contributed by atoms with Gasteiger partial charge in [0.15, 0.2) is 0 Å². The molecule has 0 unspecified atom stereocenters. The molecule has 1 heterocycles. The number of ether oxygens (including phenoxy) is 1. The third-order valence-corrected chi connectivity index (χ3v) is 3.90. The molecule has 1 aromatic heterocycles. The van der Waals surface area contributed by atoms with Crippen LogP contribution in [0.25, 0.3) is 0 Å². The molecule has 4 nitrogen and oxygen atoms in total. The van der Waals surface area contributed by atoms with Gasteiger partial charge in [-0.25, -0.2) is 4.98 Å². The lowest BCUT2D eigenvalue weighted by molar-refractivity contribution is 0.0778. The Morgan fingerprint density at radius 2 is 2.15 bits per heavy atom. The summed E-state index contributed by atoms with van der Waals surface area (Å²) in [7, 11) is 1.76. The van der Waals surface area contributed by atoms with Crippen LogP contribution in [0.15, 0.2) is 42.6 Å². The number of benzene rings is 1. The number of aromatic nitrogens is 1. The average Bonchev–Trinajstić information content (AvgIpc) is 2.84. The molecule has 1 aliphatic rings. The maximum atomic E-state index is 5.87.